The van der Waals surface area contributed by atoms with Crippen LogP contribution in [0.25, 0.3) is 5.52 Å². The second-order valence-corrected chi connectivity index (χ2v) is 8.24. The van der Waals surface area contributed by atoms with Crippen LogP contribution in [0.5, 0.6) is 0 Å². The number of carbonyl (C=O) groups is 1. The molecule has 170 valence electrons. The largest absolute Gasteiger partial charge is 0.432 e. The Bertz CT molecular complexity index is 1390. The molecule has 4 aromatic rings. The second kappa shape index (κ2) is 6.91. The molecule has 6 rings (SSSR count). The lowest BCUT2D eigenvalue weighted by molar-refractivity contribution is 0.0624. The van der Waals surface area contributed by atoms with Crippen molar-refractivity contribution in [3.63, 3.8) is 0 Å². The minimum absolute atomic E-state index is 0.151. The van der Waals surface area contributed by atoms with Gasteiger partial charge < -0.3 is 19.4 Å². The molecule has 4 aromatic heterocycles. The van der Waals surface area contributed by atoms with Crippen LogP contribution < -0.4 is 0 Å². The van der Waals surface area contributed by atoms with Crippen LogP contribution in [0, 0.1) is 5.82 Å². The highest BCUT2D eigenvalue weighted by atomic mass is 19.3. The molecular formula is C21H17F3N6O3. The van der Waals surface area contributed by atoms with Gasteiger partial charge in [0.15, 0.2) is 5.69 Å². The number of fused-ring (bicyclic) bond motifs is 2. The third-order valence-electron chi connectivity index (χ3n) is 6.11. The summed E-state index contributed by atoms with van der Waals surface area (Å²) in [5.41, 5.74) is -0.464. The van der Waals surface area contributed by atoms with Gasteiger partial charge in [0.1, 0.15) is 23.0 Å². The first kappa shape index (κ1) is 20.0. The predicted molar refractivity (Wildman–Crippen MR) is 105 cm³/mol. The van der Waals surface area contributed by atoms with E-state index < -0.39 is 41.2 Å². The van der Waals surface area contributed by atoms with Crippen LogP contribution in [0.15, 0.2) is 35.1 Å². The molecule has 0 saturated heterocycles. The third-order valence-corrected chi connectivity index (χ3v) is 6.11. The Morgan fingerprint density at radius 1 is 1.36 bits per heavy atom. The van der Waals surface area contributed by atoms with Crippen molar-refractivity contribution in [2.75, 3.05) is 6.54 Å². The number of aromatic nitrogens is 5. The van der Waals surface area contributed by atoms with E-state index in [4.69, 9.17) is 4.42 Å². The monoisotopic (exact) mass is 458 g/mol. The van der Waals surface area contributed by atoms with Gasteiger partial charge in [-0.15, -0.1) is 0 Å². The van der Waals surface area contributed by atoms with Crippen molar-refractivity contribution in [3.8, 4) is 0 Å². The number of halogens is 3. The Morgan fingerprint density at radius 2 is 2.18 bits per heavy atom. The van der Waals surface area contributed by atoms with Crippen LogP contribution in [0.2, 0.25) is 0 Å². The minimum atomic E-state index is -3.07. The van der Waals surface area contributed by atoms with Crippen molar-refractivity contribution in [2.45, 2.75) is 37.3 Å². The van der Waals surface area contributed by atoms with Crippen LogP contribution in [-0.4, -0.2) is 47.0 Å². The van der Waals surface area contributed by atoms with E-state index in [0.29, 0.717) is 30.7 Å². The zero-order valence-corrected chi connectivity index (χ0v) is 17.0. The highest BCUT2D eigenvalue weighted by Crippen LogP contribution is 2.46. The highest BCUT2D eigenvalue weighted by molar-refractivity contribution is 5.93. The molecule has 0 aromatic carbocycles. The maximum atomic E-state index is 14.3. The van der Waals surface area contributed by atoms with E-state index >= 15 is 0 Å². The highest BCUT2D eigenvalue weighted by Gasteiger charge is 2.49. The summed E-state index contributed by atoms with van der Waals surface area (Å²) in [6.07, 6.45) is 1.00. The van der Waals surface area contributed by atoms with Crippen LogP contribution >= 0.6 is 0 Å². The van der Waals surface area contributed by atoms with Gasteiger partial charge in [-0.2, -0.15) is 5.10 Å². The van der Waals surface area contributed by atoms with Crippen LogP contribution in [0.4, 0.5) is 13.2 Å². The average Bonchev–Trinajstić information content (AvgIpc) is 3.24. The SMILES string of the molecule is O=C(c1oc(C2(O)CC2)nc1C(F)F)N1CCc2[nH]cnc2[C@H]1c1cc2c(F)cccn2n1. The summed E-state index contributed by atoms with van der Waals surface area (Å²) in [4.78, 5) is 25.9. The lowest BCUT2D eigenvalue weighted by Crippen LogP contribution is -2.41. The van der Waals surface area contributed by atoms with E-state index in [9.17, 15) is 23.1 Å². The fraction of sp³-hybridized carbons (Fsp3) is 0.333. The number of H-pyrrole nitrogens is 1. The summed E-state index contributed by atoms with van der Waals surface area (Å²) < 4.78 is 48.5. The molecule has 5 heterocycles. The average molecular weight is 458 g/mol. The minimum Gasteiger partial charge on any atom is -0.432 e. The van der Waals surface area contributed by atoms with Crippen LogP contribution in [0.3, 0.4) is 0 Å². The molecule has 1 saturated carbocycles. The number of nitrogens with zero attached hydrogens (tertiary/aromatic N) is 5. The fourth-order valence-corrected chi connectivity index (χ4v) is 4.22. The van der Waals surface area contributed by atoms with E-state index in [2.05, 4.69) is 20.1 Å². The summed E-state index contributed by atoms with van der Waals surface area (Å²) in [6, 6.07) is 3.42. The molecule has 0 unspecified atom stereocenters. The number of aromatic amines is 1. The third kappa shape index (κ3) is 3.04. The molecule has 2 N–H and O–H groups in total. The number of hydrogen-bond donors (Lipinski definition) is 2. The number of pyridine rings is 1. The number of oxazole rings is 1. The van der Waals surface area contributed by atoms with Crippen LogP contribution in [0.1, 0.15) is 64.5 Å². The predicted octanol–water partition coefficient (Wildman–Crippen LogP) is 2.89. The molecule has 1 aliphatic heterocycles. The molecule has 33 heavy (non-hydrogen) atoms. The van der Waals surface area contributed by atoms with Gasteiger partial charge in [0.05, 0.1) is 17.7 Å². The van der Waals surface area contributed by atoms with Gasteiger partial charge in [-0.3, -0.25) is 4.79 Å². The first-order valence-corrected chi connectivity index (χ1v) is 10.3. The standard InChI is InChI=1S/C21H17F3N6O3/c22-10-2-1-6-30-13(10)8-12(28-30)16-14-11(25-9-26-14)3-7-29(16)19(31)17-15(18(23)24)27-20(33-17)21(32)4-5-21/h1-2,6,8-9,16,18,32H,3-5,7H2,(H,25,26)/t16-/m1/s1. The summed E-state index contributed by atoms with van der Waals surface area (Å²) in [5, 5.41) is 14.7. The molecule has 0 bridgehead atoms. The van der Waals surface area contributed by atoms with E-state index in [-0.39, 0.29) is 18.0 Å². The lowest BCUT2D eigenvalue weighted by Gasteiger charge is -2.33. The van der Waals surface area contributed by atoms with E-state index in [1.807, 2.05) is 0 Å². The Balaban J connectivity index is 1.46. The normalized spacial score (nSPS) is 19.3. The number of carbonyl (C=O) groups excluding carboxylic acids is 1. The molecule has 2 aliphatic rings. The van der Waals surface area contributed by atoms with E-state index in [1.165, 1.54) is 33.9 Å². The summed E-state index contributed by atoms with van der Waals surface area (Å²) >= 11 is 0. The van der Waals surface area contributed by atoms with Crippen molar-refractivity contribution in [1.82, 2.24) is 29.5 Å². The number of nitrogens with one attached hydrogen (secondary N) is 1. The van der Waals surface area contributed by atoms with Crippen molar-refractivity contribution in [3.05, 3.63) is 71.0 Å². The molecule has 0 radical (unpaired) electrons. The van der Waals surface area contributed by atoms with Gasteiger partial charge in [-0.1, -0.05) is 0 Å². The molecule has 1 amide bonds. The molecule has 9 nitrogen and oxygen atoms in total. The second-order valence-electron chi connectivity index (χ2n) is 8.24. The molecule has 1 fully saturated rings. The van der Waals surface area contributed by atoms with Gasteiger partial charge in [-0.05, 0) is 31.0 Å². The number of alkyl halides is 2. The maximum Gasteiger partial charge on any atom is 0.292 e. The fourth-order valence-electron chi connectivity index (χ4n) is 4.22. The van der Waals surface area contributed by atoms with Crippen molar-refractivity contribution in [2.24, 2.45) is 0 Å². The number of rotatable bonds is 4. The number of imidazole rings is 1. The Labute approximate surface area is 183 Å². The first-order chi connectivity index (χ1) is 15.9. The van der Waals surface area contributed by atoms with E-state index in [1.54, 1.807) is 6.20 Å². The van der Waals surface area contributed by atoms with Gasteiger partial charge in [0, 0.05) is 24.9 Å². The smallest absolute Gasteiger partial charge is 0.292 e. The van der Waals surface area contributed by atoms with Gasteiger partial charge >= 0.3 is 0 Å². The number of aliphatic hydroxyl groups is 1. The Kier molecular flexibility index (Phi) is 4.18. The van der Waals surface area contributed by atoms with Crippen molar-refractivity contribution in [1.29, 1.82) is 0 Å². The van der Waals surface area contributed by atoms with Crippen molar-refractivity contribution >= 4 is 11.4 Å². The van der Waals surface area contributed by atoms with E-state index in [0.717, 1.165) is 5.69 Å². The summed E-state index contributed by atoms with van der Waals surface area (Å²) in [7, 11) is 0. The molecule has 1 atom stereocenters. The maximum absolute atomic E-state index is 14.3. The molecule has 12 heteroatoms. The Hall–Kier alpha value is -3.67. The zero-order chi connectivity index (χ0) is 22.9. The summed E-state index contributed by atoms with van der Waals surface area (Å²) in [5.74, 6) is -2.24. The first-order valence-electron chi connectivity index (χ1n) is 10.3. The van der Waals surface area contributed by atoms with Gasteiger partial charge in [0.2, 0.25) is 11.7 Å². The molecule has 0 spiro atoms. The topological polar surface area (TPSA) is 113 Å². The van der Waals surface area contributed by atoms with Gasteiger partial charge in [-0.25, -0.2) is 27.7 Å². The van der Waals surface area contributed by atoms with Crippen molar-refractivity contribution < 1.29 is 27.5 Å². The lowest BCUT2D eigenvalue weighted by atomic mass is 9.99. The number of amides is 1. The Morgan fingerprint density at radius 3 is 2.91 bits per heavy atom. The quantitative estimate of drug-likeness (QED) is 0.486. The van der Waals surface area contributed by atoms with Crippen LogP contribution in [-0.2, 0) is 12.0 Å². The molecular weight excluding hydrogens is 441 g/mol. The zero-order valence-electron chi connectivity index (χ0n) is 17.0. The van der Waals surface area contributed by atoms with Gasteiger partial charge in [0.25, 0.3) is 12.3 Å². The molecule has 1 aliphatic carbocycles. The summed E-state index contributed by atoms with van der Waals surface area (Å²) in [6.45, 7) is 0.151. The number of hydrogen-bond acceptors (Lipinski definition) is 6.